The third-order valence-corrected chi connectivity index (χ3v) is 0.941. The summed E-state index contributed by atoms with van der Waals surface area (Å²) in [4.78, 5) is 13.7. The van der Waals surface area contributed by atoms with E-state index in [-0.39, 0.29) is 6.61 Å². The monoisotopic (exact) mass is 164 g/mol. The molecule has 0 aliphatic heterocycles. The standard InChI is InChI=1S/C5H12N2O4/c1-10-5-6-3-2-4-11-7(8)9/h6H,2-5H2,1H3. The molecule has 1 N–H and O–H groups in total. The molecule has 0 aromatic carbocycles. The maximum absolute atomic E-state index is 9.63. The molecule has 0 aliphatic rings. The Labute approximate surface area is 64.6 Å². The first-order valence-corrected chi connectivity index (χ1v) is 3.24. The molecule has 0 spiro atoms. The summed E-state index contributed by atoms with van der Waals surface area (Å²) in [5, 5.41) is 11.7. The average molecular weight is 164 g/mol. The zero-order chi connectivity index (χ0) is 8.53. The third-order valence-electron chi connectivity index (χ3n) is 0.941. The summed E-state index contributed by atoms with van der Waals surface area (Å²) in [5.41, 5.74) is 0. The summed E-state index contributed by atoms with van der Waals surface area (Å²) in [6.07, 6.45) is 0.602. The van der Waals surface area contributed by atoms with Crippen LogP contribution in [0.15, 0.2) is 0 Å². The molecule has 6 heteroatoms. The summed E-state index contributed by atoms with van der Waals surface area (Å²) < 4.78 is 4.68. The summed E-state index contributed by atoms with van der Waals surface area (Å²) in [6.45, 7) is 1.24. The van der Waals surface area contributed by atoms with Crippen LogP contribution >= 0.6 is 0 Å². The summed E-state index contributed by atoms with van der Waals surface area (Å²) in [6, 6.07) is 0. The quantitative estimate of drug-likeness (QED) is 0.243. The Balaban J connectivity index is 2.85. The van der Waals surface area contributed by atoms with Crippen LogP contribution in [-0.2, 0) is 9.57 Å². The number of nitrogens with zero attached hydrogens (tertiary/aromatic N) is 1. The lowest BCUT2D eigenvalue weighted by atomic mass is 10.5. The number of rotatable bonds is 7. The highest BCUT2D eigenvalue weighted by atomic mass is 16.9. The van der Waals surface area contributed by atoms with Gasteiger partial charge in [-0.1, -0.05) is 0 Å². The van der Waals surface area contributed by atoms with Crippen molar-refractivity contribution in [1.82, 2.24) is 5.32 Å². The molecular weight excluding hydrogens is 152 g/mol. The molecular formula is C5H12N2O4. The number of hydrogen-bond donors (Lipinski definition) is 1. The molecule has 0 amide bonds. The number of nitrogens with one attached hydrogen (secondary N) is 1. The lowest BCUT2D eigenvalue weighted by Crippen LogP contribution is -2.19. The fourth-order valence-electron chi connectivity index (χ4n) is 0.510. The van der Waals surface area contributed by atoms with Gasteiger partial charge in [0.1, 0.15) is 0 Å². The van der Waals surface area contributed by atoms with Crippen LogP contribution in [0.25, 0.3) is 0 Å². The molecule has 0 fully saturated rings. The van der Waals surface area contributed by atoms with E-state index in [1.165, 1.54) is 0 Å². The van der Waals surface area contributed by atoms with Gasteiger partial charge < -0.3 is 9.57 Å². The molecule has 0 aromatic heterocycles. The minimum absolute atomic E-state index is 0.129. The minimum atomic E-state index is -0.795. The maximum Gasteiger partial charge on any atom is 0.294 e. The fraction of sp³-hybridized carbons (Fsp3) is 1.00. The molecule has 0 rings (SSSR count). The van der Waals surface area contributed by atoms with Gasteiger partial charge in [0.15, 0.2) is 0 Å². The van der Waals surface area contributed by atoms with Crippen molar-refractivity contribution in [1.29, 1.82) is 0 Å². The van der Waals surface area contributed by atoms with Crippen LogP contribution in [0.4, 0.5) is 0 Å². The Bertz CT molecular complexity index is 109. The zero-order valence-corrected chi connectivity index (χ0v) is 6.41. The van der Waals surface area contributed by atoms with Crippen LogP contribution in [0.1, 0.15) is 6.42 Å². The van der Waals surface area contributed by atoms with Gasteiger partial charge in [0.05, 0.1) is 13.3 Å². The second-order valence-corrected chi connectivity index (χ2v) is 1.84. The van der Waals surface area contributed by atoms with Crippen LogP contribution in [0.2, 0.25) is 0 Å². The molecule has 0 radical (unpaired) electrons. The highest BCUT2D eigenvalue weighted by Crippen LogP contribution is 1.80. The van der Waals surface area contributed by atoms with E-state index in [9.17, 15) is 10.1 Å². The molecule has 0 heterocycles. The summed E-state index contributed by atoms with van der Waals surface area (Å²) >= 11 is 0. The lowest BCUT2D eigenvalue weighted by molar-refractivity contribution is -0.757. The van der Waals surface area contributed by atoms with Crippen molar-refractivity contribution < 1.29 is 14.7 Å². The van der Waals surface area contributed by atoms with E-state index in [1.807, 2.05) is 0 Å². The highest BCUT2D eigenvalue weighted by molar-refractivity contribution is 4.38. The molecule has 0 unspecified atom stereocenters. The number of hydrogen-bond acceptors (Lipinski definition) is 5. The molecule has 0 saturated heterocycles. The Morgan fingerprint density at radius 2 is 2.36 bits per heavy atom. The minimum Gasteiger partial charge on any atom is -0.370 e. The molecule has 0 bridgehead atoms. The summed E-state index contributed by atoms with van der Waals surface area (Å²) in [7, 11) is 1.57. The average Bonchev–Trinajstić information content (AvgIpc) is 1.96. The third kappa shape index (κ3) is 9.12. The van der Waals surface area contributed by atoms with Crippen molar-refractivity contribution in [2.24, 2.45) is 0 Å². The van der Waals surface area contributed by atoms with Gasteiger partial charge in [-0.25, -0.2) is 0 Å². The van der Waals surface area contributed by atoms with Crippen LogP contribution in [0, 0.1) is 10.1 Å². The first-order chi connectivity index (χ1) is 5.27. The predicted octanol–water partition coefficient (Wildman–Crippen LogP) is -0.222. The Hall–Kier alpha value is -0.880. The molecule has 0 aliphatic carbocycles. The topological polar surface area (TPSA) is 73.6 Å². The van der Waals surface area contributed by atoms with Gasteiger partial charge in [-0.15, -0.1) is 10.1 Å². The van der Waals surface area contributed by atoms with Gasteiger partial charge in [-0.3, -0.25) is 5.32 Å². The molecule has 0 aromatic rings. The molecule has 11 heavy (non-hydrogen) atoms. The highest BCUT2D eigenvalue weighted by Gasteiger charge is 1.92. The Kier molecular flexibility index (Phi) is 6.65. The van der Waals surface area contributed by atoms with Crippen molar-refractivity contribution in [2.75, 3.05) is 27.0 Å². The molecule has 0 saturated carbocycles. The predicted molar refractivity (Wildman–Crippen MR) is 37.4 cm³/mol. The van der Waals surface area contributed by atoms with E-state index >= 15 is 0 Å². The first-order valence-electron chi connectivity index (χ1n) is 3.24. The van der Waals surface area contributed by atoms with Crippen molar-refractivity contribution in [3.05, 3.63) is 10.1 Å². The molecule has 6 nitrogen and oxygen atoms in total. The van der Waals surface area contributed by atoms with Gasteiger partial charge in [-0.2, -0.15) is 0 Å². The van der Waals surface area contributed by atoms with E-state index in [4.69, 9.17) is 0 Å². The normalized spacial score (nSPS) is 9.55. The van der Waals surface area contributed by atoms with Crippen LogP contribution in [0.3, 0.4) is 0 Å². The lowest BCUT2D eigenvalue weighted by Gasteiger charge is -2.01. The van der Waals surface area contributed by atoms with Crippen molar-refractivity contribution in [3.8, 4) is 0 Å². The van der Waals surface area contributed by atoms with Crippen LogP contribution in [0.5, 0.6) is 0 Å². The van der Waals surface area contributed by atoms with E-state index in [0.717, 1.165) is 0 Å². The van der Waals surface area contributed by atoms with Gasteiger partial charge in [0, 0.05) is 7.11 Å². The van der Waals surface area contributed by atoms with Gasteiger partial charge >= 0.3 is 0 Å². The van der Waals surface area contributed by atoms with E-state index in [0.29, 0.717) is 19.7 Å². The zero-order valence-electron chi connectivity index (χ0n) is 6.41. The van der Waals surface area contributed by atoms with Crippen LogP contribution in [-0.4, -0.2) is 32.1 Å². The first kappa shape index (κ1) is 10.1. The van der Waals surface area contributed by atoms with Gasteiger partial charge in [-0.05, 0) is 13.0 Å². The number of ether oxygens (including phenoxy) is 1. The largest absolute Gasteiger partial charge is 0.370 e. The van der Waals surface area contributed by atoms with Crippen LogP contribution < -0.4 is 5.32 Å². The fourth-order valence-corrected chi connectivity index (χ4v) is 0.510. The molecule has 66 valence electrons. The Morgan fingerprint density at radius 3 is 2.91 bits per heavy atom. The SMILES string of the molecule is COCNCCCO[N+](=O)[O-]. The van der Waals surface area contributed by atoms with Crippen molar-refractivity contribution in [2.45, 2.75) is 6.42 Å². The van der Waals surface area contributed by atoms with Gasteiger partial charge in [0.25, 0.3) is 5.09 Å². The second-order valence-electron chi connectivity index (χ2n) is 1.84. The second kappa shape index (κ2) is 7.23. The van der Waals surface area contributed by atoms with Gasteiger partial charge in [0.2, 0.25) is 0 Å². The molecule has 0 atom stereocenters. The van der Waals surface area contributed by atoms with E-state index < -0.39 is 5.09 Å². The number of methoxy groups -OCH3 is 1. The van der Waals surface area contributed by atoms with E-state index in [2.05, 4.69) is 14.9 Å². The van der Waals surface area contributed by atoms with E-state index in [1.54, 1.807) is 7.11 Å². The summed E-state index contributed by atoms with van der Waals surface area (Å²) in [5.74, 6) is 0. The van der Waals surface area contributed by atoms with Crippen molar-refractivity contribution in [3.63, 3.8) is 0 Å². The Morgan fingerprint density at radius 1 is 1.64 bits per heavy atom. The maximum atomic E-state index is 9.63. The smallest absolute Gasteiger partial charge is 0.294 e. The van der Waals surface area contributed by atoms with Crippen molar-refractivity contribution >= 4 is 0 Å².